The van der Waals surface area contributed by atoms with Crippen molar-refractivity contribution in [1.82, 2.24) is 19.9 Å². The fourth-order valence-corrected chi connectivity index (χ4v) is 3.28. The number of halogens is 1. The lowest BCUT2D eigenvalue weighted by Gasteiger charge is -2.34. The van der Waals surface area contributed by atoms with Gasteiger partial charge >= 0.3 is 0 Å². The van der Waals surface area contributed by atoms with E-state index in [1.807, 2.05) is 4.90 Å². The van der Waals surface area contributed by atoms with Crippen LogP contribution in [-0.2, 0) is 4.79 Å². The standard InChI is InChI=1S/C18H16ClN5O2/c19-12-2-3-13-14(11-22-15(13)10-12)16(25)17(26)23-6-8-24(9-7-23)18-20-4-1-5-21-18/h1-5,10-11,22H,6-9H2. The van der Waals surface area contributed by atoms with Crippen LogP contribution in [0, 0.1) is 0 Å². The molecule has 0 aliphatic carbocycles. The third-order valence-electron chi connectivity index (χ3n) is 4.48. The molecule has 7 nitrogen and oxygen atoms in total. The summed E-state index contributed by atoms with van der Waals surface area (Å²) < 4.78 is 0. The first-order chi connectivity index (χ1) is 12.6. The van der Waals surface area contributed by atoms with E-state index in [1.54, 1.807) is 47.8 Å². The van der Waals surface area contributed by atoms with E-state index in [0.717, 1.165) is 5.52 Å². The summed E-state index contributed by atoms with van der Waals surface area (Å²) in [6, 6.07) is 6.95. The smallest absolute Gasteiger partial charge is 0.295 e. The molecule has 3 heterocycles. The lowest BCUT2D eigenvalue weighted by Crippen LogP contribution is -2.51. The summed E-state index contributed by atoms with van der Waals surface area (Å²) in [7, 11) is 0. The average Bonchev–Trinajstić information content (AvgIpc) is 3.10. The van der Waals surface area contributed by atoms with Crippen LogP contribution < -0.4 is 4.90 Å². The highest BCUT2D eigenvalue weighted by Gasteiger charge is 2.28. The minimum absolute atomic E-state index is 0.371. The molecule has 1 aliphatic heterocycles. The number of Topliss-reactive ketones (excluding diaryl/α,β-unsaturated/α-hetero) is 1. The molecule has 1 saturated heterocycles. The number of hydrogen-bond donors (Lipinski definition) is 1. The number of rotatable bonds is 3. The van der Waals surface area contributed by atoms with Gasteiger partial charge in [0.15, 0.2) is 0 Å². The molecular weight excluding hydrogens is 354 g/mol. The third-order valence-corrected chi connectivity index (χ3v) is 4.72. The molecule has 0 unspecified atom stereocenters. The molecule has 0 spiro atoms. The van der Waals surface area contributed by atoms with Crippen LogP contribution in [0.3, 0.4) is 0 Å². The maximum absolute atomic E-state index is 12.7. The fraction of sp³-hybridized carbons (Fsp3) is 0.222. The maximum atomic E-state index is 12.7. The Bertz CT molecular complexity index is 964. The SMILES string of the molecule is O=C(C(=O)N1CCN(c2ncccn2)CC1)c1c[nH]c2cc(Cl)ccc12. The van der Waals surface area contributed by atoms with Crippen molar-refractivity contribution in [2.75, 3.05) is 31.1 Å². The van der Waals surface area contributed by atoms with E-state index in [9.17, 15) is 9.59 Å². The molecule has 1 fully saturated rings. The van der Waals surface area contributed by atoms with Crippen molar-refractivity contribution in [1.29, 1.82) is 0 Å². The first-order valence-corrected chi connectivity index (χ1v) is 8.63. The van der Waals surface area contributed by atoms with Gasteiger partial charge in [0.25, 0.3) is 11.7 Å². The molecule has 0 radical (unpaired) electrons. The Morgan fingerprint density at radius 3 is 2.54 bits per heavy atom. The second-order valence-corrected chi connectivity index (χ2v) is 6.49. The Hall–Kier alpha value is -2.93. The van der Waals surface area contributed by atoms with Crippen LogP contribution in [0.5, 0.6) is 0 Å². The van der Waals surface area contributed by atoms with Crippen LogP contribution in [0.25, 0.3) is 10.9 Å². The normalized spacial score (nSPS) is 14.7. The zero-order chi connectivity index (χ0) is 18.1. The molecule has 8 heteroatoms. The summed E-state index contributed by atoms with van der Waals surface area (Å²) in [6.07, 6.45) is 4.94. The Morgan fingerprint density at radius 2 is 1.81 bits per heavy atom. The Kier molecular flexibility index (Phi) is 4.30. The summed E-state index contributed by atoms with van der Waals surface area (Å²) in [5.74, 6) is -0.364. The number of anilines is 1. The molecule has 26 heavy (non-hydrogen) atoms. The van der Waals surface area contributed by atoms with E-state index in [-0.39, 0.29) is 0 Å². The Balaban J connectivity index is 1.47. The highest BCUT2D eigenvalue weighted by Crippen LogP contribution is 2.23. The second-order valence-electron chi connectivity index (χ2n) is 6.05. The number of benzene rings is 1. The third kappa shape index (κ3) is 3.01. The van der Waals surface area contributed by atoms with Crippen LogP contribution in [0.1, 0.15) is 10.4 Å². The zero-order valence-electron chi connectivity index (χ0n) is 13.9. The van der Waals surface area contributed by atoms with Gasteiger partial charge < -0.3 is 14.8 Å². The fourth-order valence-electron chi connectivity index (χ4n) is 3.11. The molecule has 132 valence electrons. The van der Waals surface area contributed by atoms with E-state index in [0.29, 0.717) is 48.1 Å². The van der Waals surface area contributed by atoms with Crippen molar-refractivity contribution in [3.63, 3.8) is 0 Å². The summed E-state index contributed by atoms with van der Waals surface area (Å²) in [5, 5.41) is 1.27. The number of fused-ring (bicyclic) bond motifs is 1. The second kappa shape index (κ2) is 6.76. The average molecular weight is 370 g/mol. The van der Waals surface area contributed by atoms with Gasteiger partial charge in [-0.25, -0.2) is 9.97 Å². The van der Waals surface area contributed by atoms with Crippen LogP contribution in [0.2, 0.25) is 5.02 Å². The molecule has 1 amide bonds. The minimum Gasteiger partial charge on any atom is -0.360 e. The van der Waals surface area contributed by atoms with Crippen LogP contribution in [0.4, 0.5) is 5.95 Å². The van der Waals surface area contributed by atoms with Gasteiger partial charge in [0.05, 0.1) is 5.56 Å². The van der Waals surface area contributed by atoms with Crippen molar-refractivity contribution in [3.05, 3.63) is 53.4 Å². The number of ketones is 1. The summed E-state index contributed by atoms with van der Waals surface area (Å²) in [6.45, 7) is 2.09. The van der Waals surface area contributed by atoms with Gasteiger partial charge in [-0.05, 0) is 18.2 Å². The number of amides is 1. The molecule has 2 aromatic heterocycles. The lowest BCUT2D eigenvalue weighted by atomic mass is 10.1. The molecule has 0 saturated carbocycles. The van der Waals surface area contributed by atoms with Gasteiger partial charge in [-0.15, -0.1) is 0 Å². The highest BCUT2D eigenvalue weighted by atomic mass is 35.5. The number of aromatic nitrogens is 3. The first-order valence-electron chi connectivity index (χ1n) is 8.26. The predicted octanol–water partition coefficient (Wildman–Crippen LogP) is 2.14. The van der Waals surface area contributed by atoms with Gasteiger partial charge in [0.2, 0.25) is 5.95 Å². The molecule has 0 bridgehead atoms. The molecule has 1 aromatic carbocycles. The van der Waals surface area contributed by atoms with E-state index >= 15 is 0 Å². The van der Waals surface area contributed by atoms with Gasteiger partial charge in [0, 0.05) is 60.7 Å². The van der Waals surface area contributed by atoms with Crippen molar-refractivity contribution in [2.45, 2.75) is 0 Å². The number of carbonyl (C=O) groups excluding carboxylic acids is 2. The van der Waals surface area contributed by atoms with E-state index < -0.39 is 11.7 Å². The van der Waals surface area contributed by atoms with Crippen LogP contribution >= 0.6 is 11.6 Å². The predicted molar refractivity (Wildman–Crippen MR) is 98.5 cm³/mol. The summed E-state index contributed by atoms with van der Waals surface area (Å²) in [5.41, 5.74) is 1.11. The van der Waals surface area contributed by atoms with E-state index in [2.05, 4.69) is 15.0 Å². The van der Waals surface area contributed by atoms with Crippen molar-refractivity contribution >= 4 is 40.1 Å². The van der Waals surface area contributed by atoms with E-state index in [1.165, 1.54) is 0 Å². The van der Waals surface area contributed by atoms with Crippen molar-refractivity contribution in [3.8, 4) is 0 Å². The monoisotopic (exact) mass is 369 g/mol. The molecule has 0 atom stereocenters. The van der Waals surface area contributed by atoms with Gasteiger partial charge in [-0.1, -0.05) is 17.7 Å². The van der Waals surface area contributed by atoms with Gasteiger partial charge in [0.1, 0.15) is 0 Å². The number of nitrogens with zero attached hydrogens (tertiary/aromatic N) is 4. The largest absolute Gasteiger partial charge is 0.360 e. The summed E-state index contributed by atoms with van der Waals surface area (Å²) in [4.78, 5) is 40.3. The minimum atomic E-state index is -0.511. The Morgan fingerprint density at radius 1 is 1.08 bits per heavy atom. The molecule has 4 rings (SSSR count). The number of aromatic amines is 1. The first kappa shape index (κ1) is 16.5. The summed E-state index contributed by atoms with van der Waals surface area (Å²) >= 11 is 5.96. The number of H-pyrrole nitrogens is 1. The lowest BCUT2D eigenvalue weighted by molar-refractivity contribution is -0.126. The maximum Gasteiger partial charge on any atom is 0.295 e. The van der Waals surface area contributed by atoms with Crippen LogP contribution in [-0.4, -0.2) is 57.7 Å². The van der Waals surface area contributed by atoms with Gasteiger partial charge in [-0.3, -0.25) is 9.59 Å². The molecular formula is C18H16ClN5O2. The van der Waals surface area contributed by atoms with Crippen molar-refractivity contribution in [2.24, 2.45) is 0 Å². The molecule has 1 N–H and O–H groups in total. The molecule has 3 aromatic rings. The number of hydrogen-bond acceptors (Lipinski definition) is 5. The quantitative estimate of drug-likeness (QED) is 0.565. The topological polar surface area (TPSA) is 82.2 Å². The number of nitrogens with one attached hydrogen (secondary N) is 1. The van der Waals surface area contributed by atoms with E-state index in [4.69, 9.17) is 11.6 Å². The number of carbonyl (C=O) groups is 2. The van der Waals surface area contributed by atoms with Crippen LogP contribution in [0.15, 0.2) is 42.9 Å². The highest BCUT2D eigenvalue weighted by molar-refractivity contribution is 6.45. The van der Waals surface area contributed by atoms with Gasteiger partial charge in [-0.2, -0.15) is 0 Å². The Labute approximate surface area is 154 Å². The molecule has 1 aliphatic rings. The van der Waals surface area contributed by atoms with Crippen molar-refractivity contribution < 1.29 is 9.59 Å². The zero-order valence-corrected chi connectivity index (χ0v) is 14.6. The number of piperazine rings is 1.